The standard InChI is InChI=1S/C17H25N3O4/c1-13(5-4-12-21)18-17(22)14-8-10-19(11-9-14)15-6-2-3-7-16(15)20(23)24/h2-3,6-7,13-14,21H,4-5,8-12H2,1H3,(H,18,22). The SMILES string of the molecule is CC(CCCO)NC(=O)C1CCN(c2ccccc2[N+](=O)[O-])CC1. The molecule has 1 aliphatic heterocycles. The molecule has 0 spiro atoms. The number of carbonyl (C=O) groups excluding carboxylic acids is 1. The molecule has 24 heavy (non-hydrogen) atoms. The van der Waals surface area contributed by atoms with E-state index in [1.54, 1.807) is 18.2 Å². The van der Waals surface area contributed by atoms with Crippen LogP contribution >= 0.6 is 0 Å². The van der Waals surface area contributed by atoms with Crippen LogP contribution in [-0.2, 0) is 4.79 Å². The fourth-order valence-corrected chi connectivity index (χ4v) is 3.10. The van der Waals surface area contributed by atoms with Gasteiger partial charge in [-0.15, -0.1) is 0 Å². The van der Waals surface area contributed by atoms with Crippen LogP contribution in [0.1, 0.15) is 32.6 Å². The van der Waals surface area contributed by atoms with Gasteiger partial charge in [0.25, 0.3) is 5.69 Å². The van der Waals surface area contributed by atoms with Crippen LogP contribution in [0.5, 0.6) is 0 Å². The van der Waals surface area contributed by atoms with E-state index in [9.17, 15) is 14.9 Å². The van der Waals surface area contributed by atoms with Crippen molar-refractivity contribution < 1.29 is 14.8 Å². The second-order valence-corrected chi connectivity index (χ2v) is 6.28. The van der Waals surface area contributed by atoms with Gasteiger partial charge < -0.3 is 15.3 Å². The number of nitro groups is 1. The molecular formula is C17H25N3O4. The first kappa shape index (κ1) is 18.2. The van der Waals surface area contributed by atoms with Crippen molar-refractivity contribution in [1.82, 2.24) is 5.32 Å². The van der Waals surface area contributed by atoms with Crippen LogP contribution in [0.25, 0.3) is 0 Å². The summed E-state index contributed by atoms with van der Waals surface area (Å²) in [6, 6.07) is 6.78. The molecule has 1 amide bonds. The smallest absolute Gasteiger partial charge is 0.292 e. The van der Waals surface area contributed by atoms with E-state index < -0.39 is 0 Å². The largest absolute Gasteiger partial charge is 0.396 e. The molecule has 0 bridgehead atoms. The molecular weight excluding hydrogens is 310 g/mol. The van der Waals surface area contributed by atoms with Crippen molar-refractivity contribution in [2.24, 2.45) is 5.92 Å². The van der Waals surface area contributed by atoms with Gasteiger partial charge in [-0.25, -0.2) is 0 Å². The lowest BCUT2D eigenvalue weighted by Gasteiger charge is -2.33. The third kappa shape index (κ3) is 4.67. The van der Waals surface area contributed by atoms with Crippen molar-refractivity contribution in [2.45, 2.75) is 38.6 Å². The Hall–Kier alpha value is -2.15. The Labute approximate surface area is 141 Å². The lowest BCUT2D eigenvalue weighted by Crippen LogP contribution is -2.43. The molecule has 0 saturated carbocycles. The van der Waals surface area contributed by atoms with Crippen molar-refractivity contribution in [3.8, 4) is 0 Å². The molecule has 1 aliphatic rings. The summed E-state index contributed by atoms with van der Waals surface area (Å²) in [4.78, 5) is 25.1. The number of piperidine rings is 1. The number of hydrogen-bond donors (Lipinski definition) is 2. The van der Waals surface area contributed by atoms with Gasteiger partial charge in [-0.3, -0.25) is 14.9 Å². The number of carbonyl (C=O) groups is 1. The van der Waals surface area contributed by atoms with Crippen LogP contribution in [0.15, 0.2) is 24.3 Å². The second kappa shape index (κ2) is 8.63. The molecule has 0 aliphatic carbocycles. The van der Waals surface area contributed by atoms with Gasteiger partial charge in [-0.1, -0.05) is 12.1 Å². The van der Waals surface area contributed by atoms with Crippen LogP contribution in [0.2, 0.25) is 0 Å². The first-order chi connectivity index (χ1) is 11.5. The number of nitro benzene ring substituents is 1. The van der Waals surface area contributed by atoms with Gasteiger partial charge in [0.1, 0.15) is 5.69 Å². The Bertz CT molecular complexity index is 571. The molecule has 1 saturated heterocycles. The number of hydrogen-bond acceptors (Lipinski definition) is 5. The Morgan fingerprint density at radius 3 is 2.71 bits per heavy atom. The van der Waals surface area contributed by atoms with Gasteiger partial charge in [0.2, 0.25) is 5.91 Å². The molecule has 7 nitrogen and oxygen atoms in total. The molecule has 1 atom stereocenters. The number of para-hydroxylation sites is 2. The fraction of sp³-hybridized carbons (Fsp3) is 0.588. The maximum atomic E-state index is 12.3. The second-order valence-electron chi connectivity index (χ2n) is 6.28. The van der Waals surface area contributed by atoms with E-state index >= 15 is 0 Å². The predicted octanol–water partition coefficient (Wildman–Crippen LogP) is 2.09. The van der Waals surface area contributed by atoms with E-state index in [0.717, 1.165) is 6.42 Å². The quantitative estimate of drug-likeness (QED) is 0.587. The molecule has 1 heterocycles. The minimum absolute atomic E-state index is 0.0441. The number of nitrogens with zero attached hydrogens (tertiary/aromatic N) is 2. The zero-order valence-electron chi connectivity index (χ0n) is 14.0. The monoisotopic (exact) mass is 335 g/mol. The number of rotatable bonds is 7. The summed E-state index contributed by atoms with van der Waals surface area (Å²) in [5.74, 6) is -0.0109. The van der Waals surface area contributed by atoms with E-state index in [1.165, 1.54) is 6.07 Å². The summed E-state index contributed by atoms with van der Waals surface area (Å²) >= 11 is 0. The lowest BCUT2D eigenvalue weighted by molar-refractivity contribution is -0.384. The summed E-state index contributed by atoms with van der Waals surface area (Å²) in [6.07, 6.45) is 2.81. The van der Waals surface area contributed by atoms with Gasteiger partial charge in [0.15, 0.2) is 0 Å². The first-order valence-corrected chi connectivity index (χ1v) is 8.42. The summed E-state index contributed by atoms with van der Waals surface area (Å²) in [5, 5.41) is 23.0. The van der Waals surface area contributed by atoms with E-state index in [1.807, 2.05) is 11.8 Å². The summed E-state index contributed by atoms with van der Waals surface area (Å²) in [7, 11) is 0. The summed E-state index contributed by atoms with van der Waals surface area (Å²) in [6.45, 7) is 3.34. The highest BCUT2D eigenvalue weighted by Crippen LogP contribution is 2.31. The third-order valence-corrected chi connectivity index (χ3v) is 4.47. The fourth-order valence-electron chi connectivity index (χ4n) is 3.10. The van der Waals surface area contributed by atoms with Gasteiger partial charge >= 0.3 is 0 Å². The zero-order valence-corrected chi connectivity index (χ0v) is 14.0. The average Bonchev–Trinajstić information content (AvgIpc) is 2.60. The highest BCUT2D eigenvalue weighted by Gasteiger charge is 2.28. The Balaban J connectivity index is 1.90. The van der Waals surface area contributed by atoms with E-state index in [0.29, 0.717) is 38.0 Å². The minimum Gasteiger partial charge on any atom is -0.396 e. The van der Waals surface area contributed by atoms with E-state index in [4.69, 9.17) is 5.11 Å². The van der Waals surface area contributed by atoms with Crippen LogP contribution in [-0.4, -0.2) is 41.7 Å². The number of anilines is 1. The number of aliphatic hydroxyl groups is 1. The number of aliphatic hydroxyl groups excluding tert-OH is 1. The Morgan fingerprint density at radius 1 is 1.42 bits per heavy atom. The molecule has 0 radical (unpaired) electrons. The van der Waals surface area contributed by atoms with Crippen LogP contribution < -0.4 is 10.2 Å². The Kier molecular flexibility index (Phi) is 6.54. The van der Waals surface area contributed by atoms with Gasteiger partial charge in [0, 0.05) is 37.7 Å². The maximum Gasteiger partial charge on any atom is 0.292 e. The van der Waals surface area contributed by atoms with Crippen molar-refractivity contribution in [3.63, 3.8) is 0 Å². The Morgan fingerprint density at radius 2 is 2.08 bits per heavy atom. The predicted molar refractivity (Wildman–Crippen MR) is 92.0 cm³/mol. The summed E-state index contributed by atoms with van der Waals surface area (Å²) in [5.41, 5.74) is 0.732. The van der Waals surface area contributed by atoms with Crippen LogP contribution in [0, 0.1) is 16.0 Å². The average molecular weight is 335 g/mol. The molecule has 1 aromatic carbocycles. The number of benzene rings is 1. The van der Waals surface area contributed by atoms with Crippen molar-refractivity contribution in [1.29, 1.82) is 0 Å². The van der Waals surface area contributed by atoms with Gasteiger partial charge in [0.05, 0.1) is 4.92 Å². The molecule has 1 aromatic rings. The number of nitrogens with one attached hydrogen (secondary N) is 1. The lowest BCUT2D eigenvalue weighted by atomic mass is 9.95. The van der Waals surface area contributed by atoms with Crippen LogP contribution in [0.3, 0.4) is 0 Å². The molecule has 1 fully saturated rings. The van der Waals surface area contributed by atoms with E-state index in [2.05, 4.69) is 5.32 Å². The zero-order chi connectivity index (χ0) is 17.5. The van der Waals surface area contributed by atoms with Crippen molar-refractivity contribution >= 4 is 17.3 Å². The molecule has 1 unspecified atom stereocenters. The molecule has 2 rings (SSSR count). The number of amides is 1. The van der Waals surface area contributed by atoms with Gasteiger partial charge in [-0.2, -0.15) is 0 Å². The highest BCUT2D eigenvalue weighted by atomic mass is 16.6. The van der Waals surface area contributed by atoms with Crippen molar-refractivity contribution in [3.05, 3.63) is 34.4 Å². The normalized spacial score (nSPS) is 16.7. The third-order valence-electron chi connectivity index (χ3n) is 4.47. The molecule has 2 N–H and O–H groups in total. The maximum absolute atomic E-state index is 12.3. The van der Waals surface area contributed by atoms with Gasteiger partial charge in [-0.05, 0) is 38.7 Å². The summed E-state index contributed by atoms with van der Waals surface area (Å²) < 4.78 is 0. The first-order valence-electron chi connectivity index (χ1n) is 8.42. The van der Waals surface area contributed by atoms with Crippen molar-refractivity contribution in [2.75, 3.05) is 24.6 Å². The highest BCUT2D eigenvalue weighted by molar-refractivity contribution is 5.79. The molecule has 132 valence electrons. The molecule has 7 heteroatoms. The topological polar surface area (TPSA) is 95.7 Å². The molecule has 0 aromatic heterocycles. The van der Waals surface area contributed by atoms with E-state index in [-0.39, 0.29) is 35.1 Å². The minimum atomic E-state index is -0.364. The van der Waals surface area contributed by atoms with Crippen LogP contribution in [0.4, 0.5) is 11.4 Å².